The average Bonchev–Trinajstić information content (AvgIpc) is 2.59. The number of aryl methyl sites for hydroxylation is 1. The zero-order chi connectivity index (χ0) is 17.2. The lowest BCUT2D eigenvalue weighted by molar-refractivity contribution is 0.240. The van der Waals surface area contributed by atoms with E-state index in [9.17, 15) is 4.79 Å². The summed E-state index contributed by atoms with van der Waals surface area (Å²) in [6, 6.07) is 11.9. The van der Waals surface area contributed by atoms with Crippen LogP contribution in [0, 0.1) is 6.92 Å². The number of amides is 2. The molecule has 0 aliphatic rings. The molecule has 2 N–H and O–H groups in total. The third kappa shape index (κ3) is 5.91. The summed E-state index contributed by atoms with van der Waals surface area (Å²) in [6.45, 7) is 5.72. The van der Waals surface area contributed by atoms with Crippen molar-refractivity contribution in [1.82, 2.24) is 15.6 Å². The largest absolute Gasteiger partial charge is 0.477 e. The Morgan fingerprint density at radius 3 is 2.88 bits per heavy atom. The van der Waals surface area contributed by atoms with Crippen molar-refractivity contribution in [2.24, 2.45) is 0 Å². The highest BCUT2D eigenvalue weighted by molar-refractivity contribution is 5.73. The average molecular weight is 327 g/mol. The highest BCUT2D eigenvalue weighted by Gasteiger charge is 2.06. The van der Waals surface area contributed by atoms with Crippen molar-refractivity contribution in [1.29, 1.82) is 0 Å². The van der Waals surface area contributed by atoms with Gasteiger partial charge in [-0.05, 0) is 31.4 Å². The van der Waals surface area contributed by atoms with Gasteiger partial charge >= 0.3 is 6.03 Å². The third-order valence-corrected chi connectivity index (χ3v) is 3.51. The van der Waals surface area contributed by atoms with Crippen molar-refractivity contribution in [3.8, 4) is 5.88 Å². The standard InChI is InChI=1S/C19H25N3O2/c1-3-12-24-18-17(8-5-10-20-18)14-22-19(23)21-11-9-16-7-4-6-15(2)13-16/h4-8,10,13H,3,9,11-12,14H2,1-2H3,(H2,21,22,23). The molecular formula is C19H25N3O2. The number of nitrogens with one attached hydrogen (secondary N) is 2. The zero-order valence-electron chi connectivity index (χ0n) is 14.3. The van der Waals surface area contributed by atoms with Gasteiger partial charge in [-0.25, -0.2) is 9.78 Å². The Bertz CT molecular complexity index is 659. The number of carbonyl (C=O) groups excluding carboxylic acids is 1. The second-order valence-electron chi connectivity index (χ2n) is 5.66. The number of urea groups is 1. The lowest BCUT2D eigenvalue weighted by Crippen LogP contribution is -2.36. The number of hydrogen-bond donors (Lipinski definition) is 2. The highest BCUT2D eigenvalue weighted by Crippen LogP contribution is 2.14. The van der Waals surface area contributed by atoms with Gasteiger partial charge in [-0.1, -0.05) is 42.8 Å². The Labute approximate surface area is 143 Å². The van der Waals surface area contributed by atoms with E-state index in [0.717, 1.165) is 18.4 Å². The van der Waals surface area contributed by atoms with Crippen LogP contribution in [0.3, 0.4) is 0 Å². The fourth-order valence-corrected chi connectivity index (χ4v) is 2.31. The van der Waals surface area contributed by atoms with Crippen molar-refractivity contribution < 1.29 is 9.53 Å². The molecule has 0 saturated carbocycles. The topological polar surface area (TPSA) is 63.2 Å². The first-order valence-electron chi connectivity index (χ1n) is 8.33. The molecule has 0 atom stereocenters. The van der Waals surface area contributed by atoms with Gasteiger partial charge in [-0.2, -0.15) is 0 Å². The van der Waals surface area contributed by atoms with E-state index >= 15 is 0 Å². The molecule has 0 fully saturated rings. The number of benzene rings is 1. The predicted molar refractivity (Wildman–Crippen MR) is 95.1 cm³/mol. The molecule has 0 radical (unpaired) electrons. The fourth-order valence-electron chi connectivity index (χ4n) is 2.31. The van der Waals surface area contributed by atoms with Crippen LogP contribution in [0.15, 0.2) is 42.6 Å². The molecule has 0 bridgehead atoms. The van der Waals surface area contributed by atoms with Crippen LogP contribution in [0.1, 0.15) is 30.0 Å². The molecule has 0 aliphatic carbocycles. The van der Waals surface area contributed by atoms with Crippen LogP contribution in [0.4, 0.5) is 4.79 Å². The number of ether oxygens (including phenoxy) is 1. The van der Waals surface area contributed by atoms with E-state index in [1.165, 1.54) is 11.1 Å². The van der Waals surface area contributed by atoms with Crippen molar-refractivity contribution in [3.05, 3.63) is 59.3 Å². The van der Waals surface area contributed by atoms with Crippen LogP contribution in [0.25, 0.3) is 0 Å². The van der Waals surface area contributed by atoms with Crippen molar-refractivity contribution in [2.75, 3.05) is 13.2 Å². The summed E-state index contributed by atoms with van der Waals surface area (Å²) >= 11 is 0. The first-order valence-corrected chi connectivity index (χ1v) is 8.33. The summed E-state index contributed by atoms with van der Waals surface area (Å²) in [7, 11) is 0. The molecule has 2 aromatic rings. The minimum Gasteiger partial charge on any atom is -0.477 e. The van der Waals surface area contributed by atoms with E-state index in [1.807, 2.05) is 25.1 Å². The predicted octanol–water partition coefficient (Wildman–Crippen LogP) is 3.22. The molecule has 0 unspecified atom stereocenters. The Kier molecular flexibility index (Phi) is 7.08. The summed E-state index contributed by atoms with van der Waals surface area (Å²) in [6.07, 6.45) is 3.42. The molecule has 0 aliphatic heterocycles. The quantitative estimate of drug-likeness (QED) is 0.782. The van der Waals surface area contributed by atoms with Gasteiger partial charge in [-0.15, -0.1) is 0 Å². The van der Waals surface area contributed by atoms with Gasteiger partial charge in [0.15, 0.2) is 0 Å². The number of nitrogens with zero attached hydrogens (tertiary/aromatic N) is 1. The summed E-state index contributed by atoms with van der Waals surface area (Å²) in [5.74, 6) is 0.583. The Balaban J connectivity index is 1.75. The van der Waals surface area contributed by atoms with Crippen LogP contribution in [-0.2, 0) is 13.0 Å². The third-order valence-electron chi connectivity index (χ3n) is 3.51. The van der Waals surface area contributed by atoms with Gasteiger partial charge < -0.3 is 15.4 Å². The molecule has 0 saturated heterocycles. The molecular weight excluding hydrogens is 302 g/mol. The van der Waals surface area contributed by atoms with E-state index in [2.05, 4.69) is 40.7 Å². The number of rotatable bonds is 8. The first kappa shape index (κ1) is 17.8. The Morgan fingerprint density at radius 1 is 1.21 bits per heavy atom. The zero-order valence-corrected chi connectivity index (χ0v) is 14.3. The maximum absolute atomic E-state index is 11.9. The normalized spacial score (nSPS) is 10.2. The van der Waals surface area contributed by atoms with Crippen LogP contribution in [-0.4, -0.2) is 24.2 Å². The van der Waals surface area contributed by atoms with Crippen molar-refractivity contribution in [3.63, 3.8) is 0 Å². The van der Waals surface area contributed by atoms with Gasteiger partial charge in [0.25, 0.3) is 0 Å². The molecule has 5 heteroatoms. The molecule has 24 heavy (non-hydrogen) atoms. The van der Waals surface area contributed by atoms with Gasteiger partial charge in [0, 0.05) is 24.8 Å². The SMILES string of the molecule is CCCOc1ncccc1CNC(=O)NCCc1cccc(C)c1. The summed E-state index contributed by atoms with van der Waals surface area (Å²) in [5.41, 5.74) is 3.32. The monoisotopic (exact) mass is 327 g/mol. The maximum atomic E-state index is 11.9. The van der Waals surface area contributed by atoms with Crippen molar-refractivity contribution >= 4 is 6.03 Å². The first-order chi connectivity index (χ1) is 11.7. The van der Waals surface area contributed by atoms with E-state index in [-0.39, 0.29) is 6.03 Å². The Hall–Kier alpha value is -2.56. The van der Waals surface area contributed by atoms with Crippen LogP contribution in [0.5, 0.6) is 5.88 Å². The minimum atomic E-state index is -0.187. The molecule has 0 spiro atoms. The number of pyridine rings is 1. The van der Waals surface area contributed by atoms with Gasteiger partial charge in [0.05, 0.1) is 6.61 Å². The van der Waals surface area contributed by atoms with Crippen LogP contribution in [0.2, 0.25) is 0 Å². The lowest BCUT2D eigenvalue weighted by Gasteiger charge is -2.11. The van der Waals surface area contributed by atoms with E-state index in [0.29, 0.717) is 25.6 Å². The summed E-state index contributed by atoms with van der Waals surface area (Å²) in [5, 5.41) is 5.72. The smallest absolute Gasteiger partial charge is 0.315 e. The van der Waals surface area contributed by atoms with Gasteiger partial charge in [0.2, 0.25) is 5.88 Å². The molecule has 2 rings (SSSR count). The molecule has 5 nitrogen and oxygen atoms in total. The van der Waals surface area contributed by atoms with E-state index in [4.69, 9.17) is 4.74 Å². The fraction of sp³-hybridized carbons (Fsp3) is 0.368. The lowest BCUT2D eigenvalue weighted by atomic mass is 10.1. The Morgan fingerprint density at radius 2 is 2.08 bits per heavy atom. The summed E-state index contributed by atoms with van der Waals surface area (Å²) in [4.78, 5) is 16.1. The van der Waals surface area contributed by atoms with Gasteiger partial charge in [-0.3, -0.25) is 0 Å². The van der Waals surface area contributed by atoms with E-state index in [1.54, 1.807) is 6.20 Å². The van der Waals surface area contributed by atoms with Gasteiger partial charge in [0.1, 0.15) is 0 Å². The highest BCUT2D eigenvalue weighted by atomic mass is 16.5. The molecule has 1 aromatic heterocycles. The number of aromatic nitrogens is 1. The van der Waals surface area contributed by atoms with E-state index < -0.39 is 0 Å². The number of hydrogen-bond acceptors (Lipinski definition) is 3. The molecule has 128 valence electrons. The second-order valence-corrected chi connectivity index (χ2v) is 5.66. The molecule has 1 heterocycles. The molecule has 2 amide bonds. The second kappa shape index (κ2) is 9.55. The van der Waals surface area contributed by atoms with Crippen LogP contribution >= 0.6 is 0 Å². The van der Waals surface area contributed by atoms with Crippen LogP contribution < -0.4 is 15.4 Å². The summed E-state index contributed by atoms with van der Waals surface area (Å²) < 4.78 is 5.59. The molecule has 1 aromatic carbocycles. The van der Waals surface area contributed by atoms with Crippen molar-refractivity contribution in [2.45, 2.75) is 33.2 Å². The maximum Gasteiger partial charge on any atom is 0.315 e. The number of carbonyl (C=O) groups is 1. The minimum absolute atomic E-state index is 0.187.